The predicted octanol–water partition coefficient (Wildman–Crippen LogP) is 3.02. The first-order valence-electron chi connectivity index (χ1n) is 11.7. The second kappa shape index (κ2) is 11.4. The number of hydrogen-bond acceptors (Lipinski definition) is 5. The first-order valence-corrected chi connectivity index (χ1v) is 11.7. The SMILES string of the molecule is COc1ccc(CCN(CCc2ccccc2)C(=O)Cn2[nH]c(=O)c3ccccc3c2=O)cc1OC. The van der Waals surface area contributed by atoms with Crippen molar-refractivity contribution in [2.45, 2.75) is 19.4 Å². The summed E-state index contributed by atoms with van der Waals surface area (Å²) in [5.74, 6) is 1.01. The van der Waals surface area contributed by atoms with Crippen LogP contribution in [0.4, 0.5) is 0 Å². The lowest BCUT2D eigenvalue weighted by Gasteiger charge is -2.23. The van der Waals surface area contributed by atoms with Gasteiger partial charge >= 0.3 is 0 Å². The van der Waals surface area contributed by atoms with Gasteiger partial charge in [0.15, 0.2) is 11.5 Å². The summed E-state index contributed by atoms with van der Waals surface area (Å²) in [4.78, 5) is 40.5. The summed E-state index contributed by atoms with van der Waals surface area (Å²) in [6, 6.07) is 22.2. The predicted molar refractivity (Wildman–Crippen MR) is 139 cm³/mol. The van der Waals surface area contributed by atoms with Gasteiger partial charge in [-0.1, -0.05) is 48.5 Å². The van der Waals surface area contributed by atoms with Crippen LogP contribution in [0.1, 0.15) is 11.1 Å². The van der Waals surface area contributed by atoms with Gasteiger partial charge < -0.3 is 14.4 Å². The third-order valence-corrected chi connectivity index (χ3v) is 6.16. The van der Waals surface area contributed by atoms with E-state index in [1.807, 2.05) is 48.5 Å². The Balaban J connectivity index is 1.55. The van der Waals surface area contributed by atoms with Crippen molar-refractivity contribution in [1.82, 2.24) is 14.7 Å². The van der Waals surface area contributed by atoms with E-state index in [1.54, 1.807) is 43.4 Å². The molecule has 8 nitrogen and oxygen atoms in total. The lowest BCUT2D eigenvalue weighted by Crippen LogP contribution is -2.41. The van der Waals surface area contributed by atoms with Gasteiger partial charge in [0.2, 0.25) is 5.91 Å². The average Bonchev–Trinajstić information content (AvgIpc) is 2.92. The second-order valence-corrected chi connectivity index (χ2v) is 8.43. The molecule has 1 heterocycles. The highest BCUT2D eigenvalue weighted by atomic mass is 16.5. The Bertz CT molecular complexity index is 1460. The van der Waals surface area contributed by atoms with Crippen LogP contribution >= 0.6 is 0 Å². The number of fused-ring (bicyclic) bond motifs is 1. The van der Waals surface area contributed by atoms with Gasteiger partial charge in [0.05, 0.1) is 25.0 Å². The zero-order valence-electron chi connectivity index (χ0n) is 20.4. The quantitative estimate of drug-likeness (QED) is 0.371. The summed E-state index contributed by atoms with van der Waals surface area (Å²) in [6.45, 7) is 0.663. The lowest BCUT2D eigenvalue weighted by atomic mass is 10.1. The summed E-state index contributed by atoms with van der Waals surface area (Å²) in [7, 11) is 3.17. The maximum Gasteiger partial charge on any atom is 0.273 e. The van der Waals surface area contributed by atoms with Crippen molar-refractivity contribution in [2.24, 2.45) is 0 Å². The molecule has 0 spiro atoms. The van der Waals surface area contributed by atoms with E-state index in [-0.39, 0.29) is 17.8 Å². The van der Waals surface area contributed by atoms with Crippen LogP contribution in [0.15, 0.2) is 82.4 Å². The molecular weight excluding hydrogens is 458 g/mol. The topological polar surface area (TPSA) is 93.6 Å². The van der Waals surface area contributed by atoms with E-state index in [0.29, 0.717) is 42.8 Å². The number of ether oxygens (including phenoxy) is 2. The minimum Gasteiger partial charge on any atom is -0.493 e. The summed E-state index contributed by atoms with van der Waals surface area (Å²) in [6.07, 6.45) is 1.26. The molecule has 36 heavy (non-hydrogen) atoms. The Kier molecular flexibility index (Phi) is 7.85. The van der Waals surface area contributed by atoms with E-state index in [4.69, 9.17) is 9.47 Å². The summed E-state index contributed by atoms with van der Waals surface area (Å²) < 4.78 is 11.8. The summed E-state index contributed by atoms with van der Waals surface area (Å²) in [5, 5.41) is 3.14. The number of aromatic nitrogens is 2. The number of nitrogens with zero attached hydrogens (tertiary/aromatic N) is 2. The number of rotatable bonds is 10. The van der Waals surface area contributed by atoms with Crippen LogP contribution in [-0.2, 0) is 24.2 Å². The minimum atomic E-state index is -0.404. The molecule has 186 valence electrons. The Labute approximate surface area is 208 Å². The van der Waals surface area contributed by atoms with Crippen molar-refractivity contribution in [3.05, 3.63) is 105 Å². The third kappa shape index (κ3) is 5.66. The zero-order valence-corrected chi connectivity index (χ0v) is 20.4. The largest absolute Gasteiger partial charge is 0.493 e. The molecule has 0 unspecified atom stereocenters. The molecule has 0 fully saturated rings. The second-order valence-electron chi connectivity index (χ2n) is 8.43. The standard InChI is InChI=1S/C28H29N3O5/c1-35-24-13-12-21(18-25(24)36-2)15-17-30(16-14-20-8-4-3-5-9-20)26(32)19-31-28(34)23-11-7-6-10-22(23)27(33)29-31/h3-13,18H,14-17,19H2,1-2H3,(H,29,33). The highest BCUT2D eigenvalue weighted by molar-refractivity contribution is 5.81. The van der Waals surface area contributed by atoms with Crippen molar-refractivity contribution in [3.8, 4) is 11.5 Å². The van der Waals surface area contributed by atoms with Gasteiger partial charge in [0.1, 0.15) is 6.54 Å². The molecule has 0 aliphatic carbocycles. The molecule has 4 aromatic rings. The maximum absolute atomic E-state index is 13.4. The zero-order chi connectivity index (χ0) is 25.5. The van der Waals surface area contributed by atoms with Crippen molar-refractivity contribution in [3.63, 3.8) is 0 Å². The number of benzene rings is 3. The molecule has 0 aliphatic heterocycles. The molecule has 3 aromatic carbocycles. The van der Waals surface area contributed by atoms with E-state index in [0.717, 1.165) is 15.8 Å². The fourth-order valence-electron chi connectivity index (χ4n) is 4.16. The fourth-order valence-corrected chi connectivity index (χ4v) is 4.16. The molecule has 1 aromatic heterocycles. The van der Waals surface area contributed by atoms with Gasteiger partial charge in [-0.05, 0) is 48.2 Å². The van der Waals surface area contributed by atoms with Crippen LogP contribution < -0.4 is 20.6 Å². The highest BCUT2D eigenvalue weighted by Gasteiger charge is 2.17. The minimum absolute atomic E-state index is 0.250. The molecule has 1 amide bonds. The van der Waals surface area contributed by atoms with Crippen LogP contribution in [0.2, 0.25) is 0 Å². The summed E-state index contributed by atoms with van der Waals surface area (Å²) >= 11 is 0. The van der Waals surface area contributed by atoms with Crippen LogP contribution in [0.5, 0.6) is 11.5 Å². The van der Waals surface area contributed by atoms with Crippen LogP contribution in [0.3, 0.4) is 0 Å². The molecule has 0 aliphatic rings. The molecule has 4 rings (SSSR count). The number of carbonyl (C=O) groups is 1. The number of carbonyl (C=O) groups excluding carboxylic acids is 1. The van der Waals surface area contributed by atoms with Crippen molar-refractivity contribution < 1.29 is 14.3 Å². The van der Waals surface area contributed by atoms with E-state index in [1.165, 1.54) is 0 Å². The molecule has 8 heteroatoms. The fraction of sp³-hybridized carbons (Fsp3) is 0.250. The number of nitrogens with one attached hydrogen (secondary N) is 1. The van der Waals surface area contributed by atoms with Gasteiger partial charge in [-0.25, -0.2) is 4.68 Å². The molecular formula is C28H29N3O5. The van der Waals surface area contributed by atoms with Crippen molar-refractivity contribution >= 4 is 16.7 Å². The Morgan fingerprint density at radius 2 is 1.44 bits per heavy atom. The van der Waals surface area contributed by atoms with Crippen molar-refractivity contribution in [2.75, 3.05) is 27.3 Å². The Morgan fingerprint density at radius 3 is 2.14 bits per heavy atom. The first kappa shape index (κ1) is 24.8. The maximum atomic E-state index is 13.4. The first-order chi connectivity index (χ1) is 17.5. The van der Waals surface area contributed by atoms with E-state index < -0.39 is 11.1 Å². The van der Waals surface area contributed by atoms with Gasteiger partial charge in [0.25, 0.3) is 11.1 Å². The number of hydrogen-bond donors (Lipinski definition) is 1. The van der Waals surface area contributed by atoms with E-state index in [2.05, 4.69) is 5.10 Å². The van der Waals surface area contributed by atoms with Crippen LogP contribution in [0.25, 0.3) is 10.8 Å². The van der Waals surface area contributed by atoms with Crippen LogP contribution in [-0.4, -0.2) is 47.9 Å². The smallest absolute Gasteiger partial charge is 0.273 e. The monoisotopic (exact) mass is 487 g/mol. The number of methoxy groups -OCH3 is 2. The van der Waals surface area contributed by atoms with Crippen LogP contribution in [0, 0.1) is 0 Å². The van der Waals surface area contributed by atoms with E-state index >= 15 is 0 Å². The number of H-pyrrole nitrogens is 1. The summed E-state index contributed by atoms with van der Waals surface area (Å²) in [5.41, 5.74) is 1.29. The van der Waals surface area contributed by atoms with Crippen molar-refractivity contribution in [1.29, 1.82) is 0 Å². The Morgan fingerprint density at radius 1 is 0.806 bits per heavy atom. The van der Waals surface area contributed by atoms with E-state index in [9.17, 15) is 14.4 Å². The van der Waals surface area contributed by atoms with Gasteiger partial charge in [-0.15, -0.1) is 0 Å². The third-order valence-electron chi connectivity index (χ3n) is 6.16. The molecule has 0 atom stereocenters. The lowest BCUT2D eigenvalue weighted by molar-refractivity contribution is -0.132. The average molecular weight is 488 g/mol. The highest BCUT2D eigenvalue weighted by Crippen LogP contribution is 2.27. The van der Waals surface area contributed by atoms with Gasteiger partial charge in [-0.2, -0.15) is 0 Å². The molecule has 1 N–H and O–H groups in total. The van der Waals surface area contributed by atoms with Gasteiger partial charge in [-0.3, -0.25) is 19.5 Å². The molecule has 0 bridgehead atoms. The number of aromatic amines is 1. The molecule has 0 saturated carbocycles. The molecule has 0 radical (unpaired) electrons. The number of amides is 1. The Hall–Kier alpha value is -4.33. The normalized spacial score (nSPS) is 10.8. The molecule has 0 saturated heterocycles. The van der Waals surface area contributed by atoms with Gasteiger partial charge in [0, 0.05) is 13.1 Å².